The van der Waals surface area contributed by atoms with Gasteiger partial charge in [0.25, 0.3) is 11.7 Å². The van der Waals surface area contributed by atoms with E-state index in [2.05, 4.69) is 24.1 Å². The maximum Gasteiger partial charge on any atom is 0.416 e. The average Bonchev–Trinajstić information content (AvgIpc) is 1.50. The standard InChI is InChI=1S/C59H78N4O21P2/c1-30(2)28-62-25-23-59(24-26-62)61-46-43-44-51(68)36(8)54-45(43)55(70)58(10,84-54)81-27-22-40(79-11)33(5)53(82-37(9)64)35(7)50(67)34(6)49(66)31(3)14-12-15-32(4)56(71)60-47(52(44)69)48(46)63(59)57(72)80-29-38-18-20-39(21-19-38)83-41(65)16-13-17-42(85(73,74)75)86(76,77)78/h12,14-15,18-22,27,30-31,33-35,40,42,49-50,53,66-68H,13,16-17,23-26,28-29H2,1-11H3,(H,60,71)(H2,73,74,75)(H2,76,77,78)/b14-12+,27-22+,32-15-/t31-,33+,34+,35+,40-,49-,50+,53+,58-/m0/s1. The lowest BCUT2D eigenvalue weighted by atomic mass is 9.78. The van der Waals surface area contributed by atoms with E-state index in [-0.39, 0.29) is 70.4 Å². The number of Topliss-reactive ketones (excluding diaryl/α,β-unsaturated/α-hetero) is 2. The zero-order valence-corrected chi connectivity index (χ0v) is 51.7. The van der Waals surface area contributed by atoms with E-state index < -0.39 is 152 Å². The van der Waals surface area contributed by atoms with Crippen molar-refractivity contribution in [2.24, 2.45) is 34.6 Å². The van der Waals surface area contributed by atoms with Crippen LogP contribution in [0.4, 0.5) is 4.79 Å². The van der Waals surface area contributed by atoms with Crippen molar-refractivity contribution in [1.29, 1.82) is 0 Å². The first-order chi connectivity index (χ1) is 40.2. The number of ketones is 2. The normalized spacial score (nSPS) is 27.8. The highest BCUT2D eigenvalue weighted by Crippen LogP contribution is 2.62. The molecule has 4 aliphatic heterocycles. The third-order valence-electron chi connectivity index (χ3n) is 16.5. The van der Waals surface area contributed by atoms with Crippen LogP contribution in [0.25, 0.3) is 0 Å². The van der Waals surface area contributed by atoms with Crippen molar-refractivity contribution >= 4 is 56.4 Å². The van der Waals surface area contributed by atoms with Crippen LogP contribution in [0.15, 0.2) is 76.8 Å². The van der Waals surface area contributed by atoms with E-state index in [1.807, 2.05) is 0 Å². The molecule has 8 N–H and O–H groups in total. The Kier molecular flexibility index (Phi) is 20.7. The van der Waals surface area contributed by atoms with Gasteiger partial charge in [0, 0.05) is 100 Å². The molecule has 2 aromatic rings. The summed E-state index contributed by atoms with van der Waals surface area (Å²) < 4.78 is 58.9. The molecule has 0 unspecified atom stereocenters. The van der Waals surface area contributed by atoms with Crippen LogP contribution in [0.1, 0.15) is 132 Å². The summed E-state index contributed by atoms with van der Waals surface area (Å²) in [6.07, 6.45) is 0.845. The van der Waals surface area contributed by atoms with E-state index in [0.29, 0.717) is 25.2 Å². The molecule has 9 atom stereocenters. The van der Waals surface area contributed by atoms with Crippen LogP contribution in [0.2, 0.25) is 0 Å². The first-order valence-electron chi connectivity index (χ1n) is 28.4. The lowest BCUT2D eigenvalue weighted by molar-refractivity contribution is -0.160. The van der Waals surface area contributed by atoms with E-state index in [9.17, 15) is 58.4 Å². The number of likely N-dealkylation sites (tertiary alicyclic amines) is 1. The number of aliphatic hydroxyl groups is 2. The number of fused-ring (bicyclic) bond motifs is 3. The molecule has 0 saturated carbocycles. The Bertz CT molecular complexity index is 3220. The number of carbonyl (C=O) groups excluding carboxylic acids is 6. The van der Waals surface area contributed by atoms with E-state index in [1.165, 1.54) is 88.5 Å². The van der Waals surface area contributed by atoms with Gasteiger partial charge >= 0.3 is 39.0 Å². The highest BCUT2D eigenvalue weighted by Gasteiger charge is 2.58. The molecule has 2 aromatic carbocycles. The number of nitrogens with zero attached hydrogens (tertiary/aromatic N) is 3. The summed E-state index contributed by atoms with van der Waals surface area (Å²) in [4.78, 5) is 132. The third-order valence-corrected chi connectivity index (χ3v) is 20.4. The molecule has 1 saturated heterocycles. The van der Waals surface area contributed by atoms with Gasteiger partial charge in [0.1, 0.15) is 47.0 Å². The smallest absolute Gasteiger partial charge is 0.416 e. The van der Waals surface area contributed by atoms with Gasteiger partial charge in [-0.3, -0.25) is 38.1 Å². The fourth-order valence-corrected chi connectivity index (χ4v) is 14.3. The average molecular weight is 1240 g/mol. The first kappa shape index (κ1) is 67.1. The van der Waals surface area contributed by atoms with Gasteiger partial charge in [0.05, 0.1) is 41.4 Å². The third kappa shape index (κ3) is 14.1. The molecule has 1 fully saturated rings. The molecular weight excluding hydrogens is 1160 g/mol. The molecule has 2 amide bonds. The predicted molar refractivity (Wildman–Crippen MR) is 309 cm³/mol. The highest BCUT2D eigenvalue weighted by atomic mass is 31.2. The monoisotopic (exact) mass is 1240 g/mol. The number of hydrogen-bond donors (Lipinski definition) is 8. The molecule has 1 spiro atoms. The van der Waals surface area contributed by atoms with Crippen molar-refractivity contribution in [2.45, 2.75) is 149 Å². The molecule has 0 aromatic heterocycles. The van der Waals surface area contributed by atoms with Crippen LogP contribution in [-0.4, -0.2) is 154 Å². The minimum Gasteiger partial charge on any atom is -0.507 e. The maximum absolute atomic E-state index is 15.5. The molecule has 27 heteroatoms. The van der Waals surface area contributed by atoms with Crippen LogP contribution in [0, 0.1) is 36.5 Å². The van der Waals surface area contributed by atoms with Crippen LogP contribution in [0.3, 0.4) is 0 Å². The summed E-state index contributed by atoms with van der Waals surface area (Å²) in [7, 11) is -8.99. The van der Waals surface area contributed by atoms with Crippen molar-refractivity contribution in [2.75, 3.05) is 26.7 Å². The SMILES string of the molecule is CO[C@H]1/C=C/O[C@@]2(C)Oc3c(C)c(O)c4c(c3C2=O)C2=NC3(CCN(CC(C)C)CC3)N(C(=O)OCc3ccc(OC(=O)CCCC(P(=O)(O)O)P(=O)(O)O)cc3)C2=C(NC(=O)/C(C)=C\C=C\[C@H](C)[C@H](O)[C@@H](C)[C@@H](O)[C@@H](C)[C@H](OC(C)=O)[C@@H]1C)C4=O. The summed E-state index contributed by atoms with van der Waals surface area (Å²) in [5.74, 6) is -9.66. The lowest BCUT2D eigenvalue weighted by Gasteiger charge is -2.43. The Morgan fingerprint density at radius 2 is 1.53 bits per heavy atom. The topological polar surface area (TPSA) is 364 Å². The zero-order chi connectivity index (χ0) is 63.7. The number of aliphatic imine (C=N–C) groups is 1. The van der Waals surface area contributed by atoms with Gasteiger partial charge in [-0.05, 0) is 56.4 Å². The minimum atomic E-state index is -5.20. The number of phenols is 1. The fourth-order valence-electron chi connectivity index (χ4n) is 11.7. The lowest BCUT2D eigenvalue weighted by Crippen LogP contribution is -2.55. The zero-order valence-electron chi connectivity index (χ0n) is 49.9. The number of piperidine rings is 1. The van der Waals surface area contributed by atoms with E-state index in [0.717, 1.165) is 0 Å². The number of ether oxygens (including phenoxy) is 6. The van der Waals surface area contributed by atoms with Crippen molar-refractivity contribution in [1.82, 2.24) is 15.1 Å². The van der Waals surface area contributed by atoms with Crippen LogP contribution in [0.5, 0.6) is 17.2 Å². The van der Waals surface area contributed by atoms with Crippen LogP contribution in [-0.2, 0) is 49.1 Å². The van der Waals surface area contributed by atoms with Gasteiger partial charge in [-0.15, -0.1) is 0 Å². The Morgan fingerprint density at radius 1 is 0.895 bits per heavy atom. The second-order valence-corrected chi connectivity index (χ2v) is 27.4. The number of esters is 2. The van der Waals surface area contributed by atoms with Gasteiger partial charge in [-0.25, -0.2) is 9.69 Å². The Balaban J connectivity index is 1.31. The Morgan fingerprint density at radius 3 is 2.13 bits per heavy atom. The quantitative estimate of drug-likeness (QED) is 0.0609. The molecule has 7 rings (SSSR count). The summed E-state index contributed by atoms with van der Waals surface area (Å²) in [5, 5.41) is 35.9. The number of allylic oxidation sites excluding steroid dienone is 4. The van der Waals surface area contributed by atoms with Gasteiger partial charge in [0.2, 0.25) is 5.78 Å². The molecule has 86 heavy (non-hydrogen) atoms. The van der Waals surface area contributed by atoms with Crippen molar-refractivity contribution in [3.8, 4) is 17.2 Å². The van der Waals surface area contributed by atoms with Gasteiger partial charge in [0.15, 0.2) is 5.40 Å². The molecule has 25 nitrogen and oxygen atoms in total. The molecule has 4 heterocycles. The second kappa shape index (κ2) is 26.5. The van der Waals surface area contributed by atoms with Gasteiger partial charge in [-0.2, -0.15) is 0 Å². The van der Waals surface area contributed by atoms with E-state index in [4.69, 9.17) is 33.4 Å². The van der Waals surface area contributed by atoms with Crippen LogP contribution < -0.4 is 14.8 Å². The second-order valence-electron chi connectivity index (χ2n) is 23.4. The van der Waals surface area contributed by atoms with Crippen molar-refractivity contribution < 1.29 is 101 Å². The number of aliphatic hydroxyl groups excluding tert-OH is 2. The Hall–Kier alpha value is -6.37. The number of amides is 2. The van der Waals surface area contributed by atoms with Gasteiger partial charge < -0.3 is 73.5 Å². The van der Waals surface area contributed by atoms with E-state index in [1.54, 1.807) is 33.8 Å². The van der Waals surface area contributed by atoms with Gasteiger partial charge in [-0.1, -0.05) is 71.9 Å². The van der Waals surface area contributed by atoms with Crippen molar-refractivity contribution in [3.05, 3.63) is 99.6 Å². The largest absolute Gasteiger partial charge is 0.507 e. The van der Waals surface area contributed by atoms with Crippen molar-refractivity contribution in [3.63, 3.8) is 0 Å². The number of carbonyl (C=O) groups is 6. The number of benzene rings is 2. The summed E-state index contributed by atoms with van der Waals surface area (Å²) in [6, 6.07) is 5.69. The molecule has 0 radical (unpaired) electrons. The number of hydrogen-bond acceptors (Lipinski definition) is 19. The number of nitrogens with one attached hydrogen (secondary N) is 1. The number of methoxy groups -OCH3 is 1. The fraction of sp³-hybridized carbons (Fsp3) is 0.542. The minimum absolute atomic E-state index is 0.0162. The summed E-state index contributed by atoms with van der Waals surface area (Å²) in [5.41, 5.74) is -2.82. The highest BCUT2D eigenvalue weighted by molar-refractivity contribution is 7.70. The predicted octanol–water partition coefficient (Wildman–Crippen LogP) is 6.42. The molecule has 1 aliphatic carbocycles. The molecule has 5 bridgehead atoms. The Labute approximate surface area is 498 Å². The number of aromatic hydroxyl groups is 1. The van der Waals surface area contributed by atoms with Crippen LogP contribution >= 0.6 is 15.2 Å². The maximum atomic E-state index is 15.5. The molecule has 470 valence electrons. The number of phenolic OH excluding ortho intramolecular Hbond substituents is 1. The molecule has 5 aliphatic rings. The molecular formula is C59H78N4O21P2. The van der Waals surface area contributed by atoms with E-state index >= 15 is 14.4 Å². The first-order valence-corrected chi connectivity index (χ1v) is 31.7. The number of rotatable bonds is 13. The summed E-state index contributed by atoms with van der Waals surface area (Å²) in [6.45, 7) is 17.4. The summed E-state index contributed by atoms with van der Waals surface area (Å²) >= 11 is 0.